The first-order chi connectivity index (χ1) is 20.2. The van der Waals surface area contributed by atoms with E-state index in [0.717, 1.165) is 6.07 Å². The van der Waals surface area contributed by atoms with Crippen LogP contribution in [0.3, 0.4) is 0 Å². The molecule has 3 heterocycles. The molecule has 1 aliphatic heterocycles. The average molecular weight is 662 g/mol. The molecule has 0 fully saturated rings. The van der Waals surface area contributed by atoms with Gasteiger partial charge in [-0.15, -0.1) is 5.10 Å². The number of hydrogen-bond donors (Lipinski definition) is 1. The maximum atomic E-state index is 15.5. The Kier molecular flexibility index (Phi) is 7.97. The van der Waals surface area contributed by atoms with E-state index in [1.54, 1.807) is 31.2 Å². The minimum absolute atomic E-state index is 0.0102. The Morgan fingerprint density at radius 3 is 2.37 bits per heavy atom. The third-order valence-corrected chi connectivity index (χ3v) is 8.23. The van der Waals surface area contributed by atoms with Gasteiger partial charge < -0.3 is 10.2 Å². The van der Waals surface area contributed by atoms with Crippen LogP contribution in [0.2, 0.25) is 0 Å². The second-order valence-corrected chi connectivity index (χ2v) is 11.8. The van der Waals surface area contributed by atoms with Crippen LogP contribution in [0.25, 0.3) is 11.3 Å². The van der Waals surface area contributed by atoms with Crippen molar-refractivity contribution < 1.29 is 27.2 Å². The van der Waals surface area contributed by atoms with Crippen LogP contribution in [0.5, 0.6) is 0 Å². The molecule has 0 spiro atoms. The molecular formula is C30H28BrF4N5O3. The molecule has 1 atom stereocenters. The number of nitrogens with zero attached hydrogens (tertiary/aromatic N) is 4. The number of aromatic nitrogens is 3. The Labute approximate surface area is 252 Å². The van der Waals surface area contributed by atoms with Gasteiger partial charge in [-0.1, -0.05) is 29.8 Å². The Morgan fingerprint density at radius 1 is 1.12 bits per heavy atom. The van der Waals surface area contributed by atoms with Crippen molar-refractivity contribution in [2.45, 2.75) is 52.4 Å². The van der Waals surface area contributed by atoms with E-state index >= 15 is 4.39 Å². The predicted octanol–water partition coefficient (Wildman–Crippen LogP) is 5.55. The lowest BCUT2D eigenvalue weighted by molar-refractivity contribution is -0.138. The molecular weight excluding hydrogens is 634 g/mol. The highest BCUT2D eigenvalue weighted by Gasteiger charge is 2.37. The number of carbonyl (C=O) groups is 2. The van der Waals surface area contributed by atoms with Gasteiger partial charge in [-0.2, -0.15) is 17.6 Å². The van der Waals surface area contributed by atoms with E-state index in [9.17, 15) is 27.6 Å². The topological polar surface area (TPSA) is 88.7 Å². The molecule has 0 aliphatic carbocycles. The lowest BCUT2D eigenvalue weighted by Crippen LogP contribution is -2.46. The van der Waals surface area contributed by atoms with Gasteiger partial charge in [-0.05, 0) is 68.1 Å². The maximum absolute atomic E-state index is 15.5. The summed E-state index contributed by atoms with van der Waals surface area (Å²) in [6.45, 7) is 5.33. The maximum Gasteiger partial charge on any atom is 0.417 e. The number of alkyl halides is 3. The minimum Gasteiger partial charge on any atom is -0.355 e. The van der Waals surface area contributed by atoms with Crippen LogP contribution in [-0.4, -0.2) is 44.0 Å². The fraction of sp³-hybridized carbons (Fsp3) is 0.333. The van der Waals surface area contributed by atoms with Crippen molar-refractivity contribution in [1.82, 2.24) is 24.4 Å². The molecule has 1 N–H and O–H groups in total. The van der Waals surface area contributed by atoms with Gasteiger partial charge in [0.1, 0.15) is 5.65 Å². The molecule has 8 nitrogen and oxygen atoms in total. The van der Waals surface area contributed by atoms with Crippen molar-refractivity contribution in [3.8, 4) is 5.69 Å². The highest BCUT2D eigenvalue weighted by atomic mass is 79.9. The third-order valence-electron chi connectivity index (χ3n) is 7.54. The predicted molar refractivity (Wildman–Crippen MR) is 155 cm³/mol. The quantitative estimate of drug-likeness (QED) is 0.284. The number of hydrogen-bond acceptors (Lipinski definition) is 4. The van der Waals surface area contributed by atoms with Gasteiger partial charge in [-0.25, -0.2) is 4.52 Å². The lowest BCUT2D eigenvalue weighted by Gasteiger charge is -2.35. The third kappa shape index (κ3) is 5.46. The van der Waals surface area contributed by atoms with Gasteiger partial charge in [-0.3, -0.25) is 19.0 Å². The molecule has 0 bridgehead atoms. The number of carbonyl (C=O) groups excluding carboxylic acids is 2. The van der Waals surface area contributed by atoms with Crippen LogP contribution >= 0.6 is 15.9 Å². The first-order valence-corrected chi connectivity index (χ1v) is 14.4. The molecule has 4 aromatic rings. The fourth-order valence-electron chi connectivity index (χ4n) is 5.45. The van der Waals surface area contributed by atoms with Crippen LogP contribution in [0.4, 0.5) is 17.6 Å². The van der Waals surface area contributed by atoms with Crippen molar-refractivity contribution in [2.24, 2.45) is 5.92 Å². The molecule has 2 aromatic heterocycles. The zero-order valence-corrected chi connectivity index (χ0v) is 25.3. The van der Waals surface area contributed by atoms with Gasteiger partial charge in [0.2, 0.25) is 5.95 Å². The van der Waals surface area contributed by atoms with Crippen LogP contribution in [-0.2, 0) is 25.6 Å². The molecule has 1 aliphatic rings. The van der Waals surface area contributed by atoms with E-state index in [0.29, 0.717) is 16.8 Å². The fourth-order valence-corrected chi connectivity index (χ4v) is 5.92. The highest BCUT2D eigenvalue weighted by Crippen LogP contribution is 2.36. The Balaban J connectivity index is 1.68. The number of fused-ring (bicyclic) bond motifs is 3. The number of halogens is 5. The zero-order valence-electron chi connectivity index (χ0n) is 23.7. The molecule has 0 radical (unpaired) electrons. The van der Waals surface area contributed by atoms with Crippen molar-refractivity contribution in [3.63, 3.8) is 0 Å². The average Bonchev–Trinajstić information content (AvgIpc) is 3.26. The normalized spacial score (nSPS) is 15.2. The molecule has 13 heteroatoms. The molecule has 2 aromatic carbocycles. The van der Waals surface area contributed by atoms with Crippen molar-refractivity contribution >= 4 is 33.4 Å². The summed E-state index contributed by atoms with van der Waals surface area (Å²) < 4.78 is 58.6. The molecule has 1 unspecified atom stereocenters. The summed E-state index contributed by atoms with van der Waals surface area (Å²) in [6.07, 6.45) is -4.34. The largest absolute Gasteiger partial charge is 0.417 e. The van der Waals surface area contributed by atoms with Crippen molar-refractivity contribution in [2.75, 3.05) is 7.05 Å². The van der Waals surface area contributed by atoms with Gasteiger partial charge in [0, 0.05) is 34.3 Å². The second-order valence-electron chi connectivity index (χ2n) is 11.0. The van der Waals surface area contributed by atoms with E-state index in [1.807, 2.05) is 13.8 Å². The highest BCUT2D eigenvalue weighted by molar-refractivity contribution is 9.10. The summed E-state index contributed by atoms with van der Waals surface area (Å²) in [7, 11) is 1.50. The smallest absolute Gasteiger partial charge is 0.355 e. The number of amides is 2. The Hall–Kier alpha value is -4.00. The zero-order chi connectivity index (χ0) is 31.4. The number of nitrogens with one attached hydrogen (secondary N) is 1. The minimum atomic E-state index is -4.68. The number of rotatable bonds is 5. The molecule has 226 valence electrons. The van der Waals surface area contributed by atoms with Gasteiger partial charge in [0.15, 0.2) is 0 Å². The van der Waals surface area contributed by atoms with Crippen LogP contribution in [0, 0.1) is 11.9 Å². The lowest BCUT2D eigenvalue weighted by atomic mass is 9.97. The molecule has 0 saturated carbocycles. The molecule has 5 rings (SSSR count). The van der Waals surface area contributed by atoms with E-state index < -0.39 is 35.2 Å². The summed E-state index contributed by atoms with van der Waals surface area (Å²) >= 11 is 2.90. The first kappa shape index (κ1) is 30.5. The summed E-state index contributed by atoms with van der Waals surface area (Å²) in [5.74, 6) is -1.72. The van der Waals surface area contributed by atoms with Crippen molar-refractivity contribution in [1.29, 1.82) is 0 Å². The molecule has 43 heavy (non-hydrogen) atoms. The summed E-state index contributed by atoms with van der Waals surface area (Å²) in [5, 5.41) is 6.69. The molecule has 0 saturated heterocycles. The van der Waals surface area contributed by atoms with E-state index in [2.05, 4.69) is 26.3 Å². The van der Waals surface area contributed by atoms with Crippen LogP contribution in [0.1, 0.15) is 63.9 Å². The van der Waals surface area contributed by atoms with E-state index in [4.69, 9.17) is 0 Å². The van der Waals surface area contributed by atoms with Crippen molar-refractivity contribution in [3.05, 3.63) is 96.7 Å². The van der Waals surface area contributed by atoms with Crippen LogP contribution in [0.15, 0.2) is 51.7 Å². The summed E-state index contributed by atoms with van der Waals surface area (Å²) in [6, 6.07) is 9.00. The Morgan fingerprint density at radius 2 is 1.77 bits per heavy atom. The second kappa shape index (κ2) is 11.3. The number of benzene rings is 2. The van der Waals surface area contributed by atoms with E-state index in [-0.39, 0.29) is 58.2 Å². The summed E-state index contributed by atoms with van der Waals surface area (Å²) in [5.41, 5.74) is 0.189. The SMILES string of the molecule is CNC(=O)c1ccc(-n2c(=O)c3c(n4nc(F)c(CC(C)C)c24)CN(C(=O)c2ccc(Br)c(C(F)(F)F)c2)C(C)C3)cc1. The van der Waals surface area contributed by atoms with Gasteiger partial charge >= 0.3 is 6.18 Å². The van der Waals surface area contributed by atoms with Crippen LogP contribution < -0.4 is 10.9 Å². The molecule has 2 amide bonds. The van der Waals surface area contributed by atoms with Gasteiger partial charge in [0.05, 0.1) is 29.1 Å². The van der Waals surface area contributed by atoms with Gasteiger partial charge in [0.25, 0.3) is 17.4 Å². The Bertz CT molecular complexity index is 1810. The standard InChI is InChI=1S/C30H28BrF4N5O3/c1-15(2)11-21-25(32)37-40-24-14-38(28(42)18-7-10-23(31)22(13-18)30(33,34)35)16(3)12-20(24)29(43)39(27(21)40)19-8-5-17(6-9-19)26(41)36-4/h5-10,13,15-16H,11-12,14H2,1-4H3,(H,36,41). The first-order valence-electron chi connectivity index (χ1n) is 13.6. The van der Waals surface area contributed by atoms with E-state index in [1.165, 1.54) is 33.2 Å². The summed E-state index contributed by atoms with van der Waals surface area (Å²) in [4.78, 5) is 41.1. The monoisotopic (exact) mass is 661 g/mol.